The molecular weight excluding hydrogens is 354 g/mol. The highest BCUT2D eigenvalue weighted by Crippen LogP contribution is 2.25. The van der Waals surface area contributed by atoms with Gasteiger partial charge in [0.05, 0.1) is 24.1 Å². The first-order valence-electron chi connectivity index (χ1n) is 9.19. The molecule has 3 aromatic rings. The van der Waals surface area contributed by atoms with Crippen molar-refractivity contribution in [3.05, 3.63) is 65.9 Å². The van der Waals surface area contributed by atoms with Crippen molar-refractivity contribution in [2.24, 2.45) is 0 Å². The van der Waals surface area contributed by atoms with E-state index in [1.807, 2.05) is 43.0 Å². The third kappa shape index (κ3) is 4.43. The predicted octanol–water partition coefficient (Wildman–Crippen LogP) is 4.26. The lowest BCUT2D eigenvalue weighted by Crippen LogP contribution is -2.20. The van der Waals surface area contributed by atoms with Crippen molar-refractivity contribution < 1.29 is 9.53 Å². The number of carbonyl (C=O) groups is 1. The minimum absolute atomic E-state index is 0.314. The minimum atomic E-state index is -0.386. The minimum Gasteiger partial charge on any atom is -0.462 e. The van der Waals surface area contributed by atoms with Crippen LogP contribution >= 0.6 is 0 Å². The van der Waals surface area contributed by atoms with E-state index >= 15 is 0 Å². The van der Waals surface area contributed by atoms with Gasteiger partial charge in [-0.25, -0.2) is 4.79 Å². The summed E-state index contributed by atoms with van der Waals surface area (Å²) in [6.07, 6.45) is 1.52. The molecule has 7 nitrogen and oxygen atoms in total. The maximum absolute atomic E-state index is 12.2. The Morgan fingerprint density at radius 3 is 2.71 bits per heavy atom. The molecule has 0 spiro atoms. The number of hydrogen-bond donors (Lipinski definition) is 1. The molecule has 0 fully saturated rings. The van der Waals surface area contributed by atoms with Gasteiger partial charge in [-0.2, -0.15) is 10.1 Å². The van der Waals surface area contributed by atoms with Crippen LogP contribution in [0.1, 0.15) is 29.8 Å². The summed E-state index contributed by atoms with van der Waals surface area (Å²) in [7, 11) is 0. The van der Waals surface area contributed by atoms with Gasteiger partial charge in [0.2, 0.25) is 0 Å². The number of para-hydroxylation sites is 1. The van der Waals surface area contributed by atoms with E-state index < -0.39 is 0 Å². The van der Waals surface area contributed by atoms with Crippen LogP contribution in [0.3, 0.4) is 0 Å². The lowest BCUT2D eigenvalue weighted by molar-refractivity contribution is 0.0527. The topological polar surface area (TPSA) is 80.2 Å². The molecule has 0 radical (unpaired) electrons. The number of ether oxygens (including phenoxy) is 1. The normalized spacial score (nSPS) is 10.4. The fourth-order valence-corrected chi connectivity index (χ4v) is 2.82. The van der Waals surface area contributed by atoms with Gasteiger partial charge >= 0.3 is 5.97 Å². The molecule has 0 amide bonds. The second-order valence-electron chi connectivity index (χ2n) is 6.12. The fourth-order valence-electron chi connectivity index (χ4n) is 2.82. The number of hydrogen-bond acceptors (Lipinski definition) is 7. The predicted molar refractivity (Wildman–Crippen MR) is 109 cm³/mol. The van der Waals surface area contributed by atoms with Gasteiger partial charge in [0, 0.05) is 12.2 Å². The summed E-state index contributed by atoms with van der Waals surface area (Å²) in [5.74, 6) is 0.586. The third-order valence-corrected chi connectivity index (χ3v) is 4.10. The summed E-state index contributed by atoms with van der Waals surface area (Å²) in [6.45, 7) is 6.85. The third-order valence-electron chi connectivity index (χ3n) is 4.10. The maximum atomic E-state index is 12.2. The first-order valence-corrected chi connectivity index (χ1v) is 9.19. The second-order valence-corrected chi connectivity index (χ2v) is 6.12. The molecule has 0 saturated carbocycles. The van der Waals surface area contributed by atoms with Crippen molar-refractivity contribution in [1.82, 2.24) is 15.2 Å². The summed E-state index contributed by atoms with van der Waals surface area (Å²) in [4.78, 5) is 18.7. The second kappa shape index (κ2) is 8.94. The highest BCUT2D eigenvalue weighted by Gasteiger charge is 2.15. The lowest BCUT2D eigenvalue weighted by Gasteiger charge is -2.21. The average Bonchev–Trinajstić information content (AvgIpc) is 2.70. The van der Waals surface area contributed by atoms with Gasteiger partial charge < -0.3 is 15.0 Å². The van der Waals surface area contributed by atoms with Crippen molar-refractivity contribution in [3.63, 3.8) is 0 Å². The summed E-state index contributed by atoms with van der Waals surface area (Å²) < 4.78 is 5.12. The van der Waals surface area contributed by atoms with Gasteiger partial charge in [-0.1, -0.05) is 24.3 Å². The van der Waals surface area contributed by atoms with Crippen molar-refractivity contribution in [1.29, 1.82) is 0 Å². The first kappa shape index (κ1) is 19.3. The molecule has 0 saturated heterocycles. The highest BCUT2D eigenvalue weighted by atomic mass is 16.5. The van der Waals surface area contributed by atoms with Crippen LogP contribution in [0.15, 0.2) is 54.7 Å². The van der Waals surface area contributed by atoms with Crippen LogP contribution in [0.25, 0.3) is 0 Å². The first-order chi connectivity index (χ1) is 13.6. The monoisotopic (exact) mass is 377 g/mol. The van der Waals surface area contributed by atoms with E-state index in [0.29, 0.717) is 36.2 Å². The van der Waals surface area contributed by atoms with E-state index in [4.69, 9.17) is 4.74 Å². The zero-order valence-electron chi connectivity index (χ0n) is 16.2. The molecule has 2 aromatic carbocycles. The Morgan fingerprint density at radius 2 is 1.96 bits per heavy atom. The SMILES string of the molecule is CCOC(=O)c1ccccc1Nc1cnnc(N(CC)c2cccc(C)c2)n1. The summed E-state index contributed by atoms with van der Waals surface area (Å²) >= 11 is 0. The maximum Gasteiger partial charge on any atom is 0.340 e. The summed E-state index contributed by atoms with van der Waals surface area (Å²) in [5.41, 5.74) is 3.19. The molecule has 144 valence electrons. The molecule has 1 heterocycles. The molecule has 1 aromatic heterocycles. The molecule has 1 N–H and O–H groups in total. The van der Waals surface area contributed by atoms with Gasteiger partial charge in [0.1, 0.15) is 0 Å². The molecule has 0 aliphatic rings. The van der Waals surface area contributed by atoms with Gasteiger partial charge in [0.25, 0.3) is 5.95 Å². The van der Waals surface area contributed by atoms with Gasteiger partial charge in [-0.15, -0.1) is 5.10 Å². The highest BCUT2D eigenvalue weighted by molar-refractivity contribution is 5.96. The number of anilines is 4. The van der Waals surface area contributed by atoms with Crippen molar-refractivity contribution in [2.75, 3.05) is 23.4 Å². The Kier molecular flexibility index (Phi) is 6.16. The number of carbonyl (C=O) groups excluding carboxylic acids is 1. The van der Waals surface area contributed by atoms with E-state index in [2.05, 4.69) is 26.6 Å². The van der Waals surface area contributed by atoms with Crippen LogP contribution in [0, 0.1) is 6.92 Å². The van der Waals surface area contributed by atoms with Crippen LogP contribution in [-0.2, 0) is 4.74 Å². The number of nitrogens with one attached hydrogen (secondary N) is 1. The van der Waals surface area contributed by atoms with E-state index in [1.54, 1.807) is 25.1 Å². The van der Waals surface area contributed by atoms with Gasteiger partial charge in [-0.05, 0) is 50.6 Å². The van der Waals surface area contributed by atoms with Crippen LogP contribution < -0.4 is 10.2 Å². The Bertz CT molecular complexity index is 961. The Hall–Kier alpha value is -3.48. The number of aryl methyl sites for hydroxylation is 1. The molecule has 28 heavy (non-hydrogen) atoms. The Labute approximate surface area is 164 Å². The molecule has 7 heteroatoms. The van der Waals surface area contributed by atoms with E-state index in [-0.39, 0.29) is 5.97 Å². The molecule has 0 atom stereocenters. The van der Waals surface area contributed by atoms with Crippen LogP contribution in [0.5, 0.6) is 0 Å². The number of nitrogens with zero attached hydrogens (tertiary/aromatic N) is 4. The number of benzene rings is 2. The Balaban J connectivity index is 1.89. The number of rotatable bonds is 7. The molecule has 0 bridgehead atoms. The zero-order chi connectivity index (χ0) is 19.9. The largest absolute Gasteiger partial charge is 0.462 e. The van der Waals surface area contributed by atoms with Crippen LogP contribution in [-0.4, -0.2) is 34.3 Å². The smallest absolute Gasteiger partial charge is 0.340 e. The molecule has 0 aliphatic carbocycles. The summed E-state index contributed by atoms with van der Waals surface area (Å²) in [5, 5.41) is 11.4. The quantitative estimate of drug-likeness (QED) is 0.616. The van der Waals surface area contributed by atoms with Crippen molar-refractivity contribution >= 4 is 29.1 Å². The van der Waals surface area contributed by atoms with E-state index in [1.165, 1.54) is 6.20 Å². The fraction of sp³-hybridized carbons (Fsp3) is 0.238. The molecule has 3 rings (SSSR count). The molecule has 0 aliphatic heterocycles. The number of esters is 1. The van der Waals surface area contributed by atoms with Crippen LogP contribution in [0.4, 0.5) is 23.1 Å². The van der Waals surface area contributed by atoms with Crippen molar-refractivity contribution in [2.45, 2.75) is 20.8 Å². The standard InChI is InChI=1S/C21H23N5O2/c1-4-26(16-10-8-9-15(3)13-16)21-24-19(14-22-25-21)23-18-12-7-6-11-17(18)20(27)28-5-2/h6-14H,4-5H2,1-3H3,(H,23,24,25). The van der Waals surface area contributed by atoms with E-state index in [9.17, 15) is 4.79 Å². The van der Waals surface area contributed by atoms with Gasteiger partial charge in [0.15, 0.2) is 5.82 Å². The lowest BCUT2D eigenvalue weighted by atomic mass is 10.2. The van der Waals surface area contributed by atoms with Gasteiger partial charge in [-0.3, -0.25) is 0 Å². The zero-order valence-corrected chi connectivity index (χ0v) is 16.2. The Morgan fingerprint density at radius 1 is 1.14 bits per heavy atom. The van der Waals surface area contributed by atoms with Crippen molar-refractivity contribution in [3.8, 4) is 0 Å². The van der Waals surface area contributed by atoms with E-state index in [0.717, 1.165) is 11.3 Å². The molecular formula is C21H23N5O2. The number of aromatic nitrogens is 3. The molecule has 0 unspecified atom stereocenters. The van der Waals surface area contributed by atoms with Crippen LogP contribution in [0.2, 0.25) is 0 Å². The average molecular weight is 377 g/mol. The summed E-state index contributed by atoms with van der Waals surface area (Å²) in [6, 6.07) is 15.3.